The molecule has 6 heteroatoms. The Morgan fingerprint density at radius 3 is 2.23 bits per heavy atom. The standard InChI is InChI=1S/C47H50N4O.Pd/c1-9-11-15-35-21-22-48-45(25-35)50-42-18-14-13-16-40(42)41-20-19-38(29-44(41)50)52-39-27-36(30(3)4)26-37(28-39)51-43(17-12-10-2)47(34(8)49-51)46-32(6)23-31(5)24-33(46)7;/h13-14,16,18-27,30H,9-12,15,17H2,1-8H3;/q-2;+2. The normalized spacial score (nSPS) is 11.5. The Kier molecular flexibility index (Phi) is 11.7. The van der Waals surface area contributed by atoms with E-state index in [-0.39, 0.29) is 26.3 Å². The largest absolute Gasteiger partial charge is 2.00 e. The zero-order valence-electron chi connectivity index (χ0n) is 32.3. The van der Waals surface area contributed by atoms with E-state index in [4.69, 9.17) is 14.8 Å². The van der Waals surface area contributed by atoms with Gasteiger partial charge in [0.15, 0.2) is 0 Å². The van der Waals surface area contributed by atoms with E-state index in [9.17, 15) is 0 Å². The molecule has 5 nitrogen and oxygen atoms in total. The van der Waals surface area contributed by atoms with E-state index in [1.54, 1.807) is 0 Å². The van der Waals surface area contributed by atoms with Crippen molar-refractivity contribution in [1.82, 2.24) is 19.3 Å². The molecule has 0 radical (unpaired) electrons. The molecular weight excluding hydrogens is 743 g/mol. The monoisotopic (exact) mass is 792 g/mol. The van der Waals surface area contributed by atoms with Crippen LogP contribution in [0.3, 0.4) is 0 Å². The predicted octanol–water partition coefficient (Wildman–Crippen LogP) is 12.5. The van der Waals surface area contributed by atoms with Crippen molar-refractivity contribution in [1.29, 1.82) is 0 Å². The molecule has 0 atom stereocenters. The Balaban J connectivity index is 0.00000481. The number of aryl methyl sites for hydroxylation is 5. The van der Waals surface area contributed by atoms with Crippen molar-refractivity contribution in [3.05, 3.63) is 130 Å². The van der Waals surface area contributed by atoms with E-state index in [2.05, 4.69) is 144 Å². The average molecular weight is 793 g/mol. The number of fused-ring (bicyclic) bond motifs is 3. The molecule has 0 fully saturated rings. The molecule has 0 unspecified atom stereocenters. The van der Waals surface area contributed by atoms with Gasteiger partial charge in [-0.1, -0.05) is 81.9 Å². The van der Waals surface area contributed by atoms with E-state index in [1.807, 2.05) is 12.3 Å². The van der Waals surface area contributed by atoms with Crippen molar-refractivity contribution in [2.45, 2.75) is 99.8 Å². The summed E-state index contributed by atoms with van der Waals surface area (Å²) in [4.78, 5) is 4.84. The molecular formula is C47H50N4OPd. The molecule has 0 spiro atoms. The molecule has 0 aliphatic carbocycles. The maximum absolute atomic E-state index is 6.71. The number of nitrogens with zero attached hydrogens (tertiary/aromatic N) is 4. The molecule has 4 aromatic carbocycles. The maximum atomic E-state index is 6.71. The molecule has 3 heterocycles. The molecule has 0 bridgehead atoms. The number of para-hydroxylation sites is 1. The summed E-state index contributed by atoms with van der Waals surface area (Å²) in [5, 5.41) is 7.49. The van der Waals surface area contributed by atoms with Crippen molar-refractivity contribution >= 4 is 21.8 Å². The third kappa shape index (κ3) is 7.63. The number of benzene rings is 4. The van der Waals surface area contributed by atoms with E-state index in [0.29, 0.717) is 11.5 Å². The van der Waals surface area contributed by atoms with Gasteiger partial charge in [0.25, 0.3) is 0 Å². The minimum absolute atomic E-state index is 0. The molecule has 0 amide bonds. The second kappa shape index (κ2) is 16.3. The van der Waals surface area contributed by atoms with Gasteiger partial charge in [-0.05, 0) is 111 Å². The molecule has 274 valence electrons. The van der Waals surface area contributed by atoms with Gasteiger partial charge in [0.1, 0.15) is 5.82 Å². The van der Waals surface area contributed by atoms with E-state index in [0.717, 1.165) is 72.1 Å². The summed E-state index contributed by atoms with van der Waals surface area (Å²) < 4.78 is 11.1. The molecule has 7 rings (SSSR count). The van der Waals surface area contributed by atoms with E-state index >= 15 is 0 Å². The molecule has 0 saturated carbocycles. The van der Waals surface area contributed by atoms with Crippen LogP contribution < -0.4 is 4.74 Å². The van der Waals surface area contributed by atoms with Crippen LogP contribution in [0.25, 0.3) is 44.4 Å². The van der Waals surface area contributed by atoms with Crippen LogP contribution in [0.2, 0.25) is 0 Å². The molecule has 3 aromatic heterocycles. The number of hydrogen-bond acceptors (Lipinski definition) is 3. The van der Waals surface area contributed by atoms with Crippen LogP contribution in [0.5, 0.6) is 11.5 Å². The Morgan fingerprint density at radius 2 is 1.49 bits per heavy atom. The van der Waals surface area contributed by atoms with Crippen LogP contribution in [0.1, 0.15) is 98.5 Å². The van der Waals surface area contributed by atoms with Gasteiger partial charge in [-0.3, -0.25) is 4.68 Å². The van der Waals surface area contributed by atoms with Crippen molar-refractivity contribution in [3.63, 3.8) is 0 Å². The summed E-state index contributed by atoms with van der Waals surface area (Å²) in [5.41, 5.74) is 14.1. The molecule has 0 N–H and O–H groups in total. The first kappa shape index (κ1) is 38.2. The summed E-state index contributed by atoms with van der Waals surface area (Å²) in [5.74, 6) is 2.47. The van der Waals surface area contributed by atoms with Crippen LogP contribution in [0.15, 0.2) is 79.0 Å². The van der Waals surface area contributed by atoms with Crippen molar-refractivity contribution in [2.75, 3.05) is 0 Å². The molecule has 53 heavy (non-hydrogen) atoms. The molecule has 0 saturated heterocycles. The fourth-order valence-corrected chi connectivity index (χ4v) is 7.71. The number of unbranched alkanes of at least 4 members (excludes halogenated alkanes) is 2. The van der Waals surface area contributed by atoms with Crippen molar-refractivity contribution in [3.8, 4) is 34.1 Å². The topological polar surface area (TPSA) is 44.9 Å². The summed E-state index contributed by atoms with van der Waals surface area (Å²) >= 11 is 0. The molecule has 7 aromatic rings. The van der Waals surface area contributed by atoms with Gasteiger partial charge in [-0.25, -0.2) is 4.98 Å². The summed E-state index contributed by atoms with van der Waals surface area (Å²) in [6.45, 7) is 17.7. The first-order valence-electron chi connectivity index (χ1n) is 19.0. The Bertz CT molecular complexity index is 2380. The summed E-state index contributed by atoms with van der Waals surface area (Å²) in [7, 11) is 0. The summed E-state index contributed by atoms with van der Waals surface area (Å²) in [6, 6.07) is 33.2. The number of aromatic nitrogens is 4. The van der Waals surface area contributed by atoms with E-state index < -0.39 is 0 Å². The predicted molar refractivity (Wildman–Crippen MR) is 216 cm³/mol. The number of ether oxygens (including phenoxy) is 1. The van der Waals surface area contributed by atoms with Gasteiger partial charge >= 0.3 is 20.4 Å². The third-order valence-corrected chi connectivity index (χ3v) is 10.2. The first-order valence-corrected chi connectivity index (χ1v) is 19.0. The molecule has 0 aliphatic heterocycles. The zero-order valence-corrected chi connectivity index (χ0v) is 33.9. The third-order valence-electron chi connectivity index (χ3n) is 10.2. The number of hydrogen-bond donors (Lipinski definition) is 0. The van der Waals surface area contributed by atoms with Crippen LogP contribution in [-0.4, -0.2) is 19.3 Å². The number of rotatable bonds is 12. The minimum atomic E-state index is 0. The SMILES string of the molecule is CCCCc1ccnc(-n2c3[c-]c(Oc4[c-]c(-n5nc(C)c(-c6c(C)cc(C)cc6C)c5CCCC)cc(C(C)C)c4)ccc3c3ccccc32)c1.[Pd+2]. The second-order valence-electron chi connectivity index (χ2n) is 14.7. The minimum Gasteiger partial charge on any atom is -0.509 e. The number of pyridine rings is 1. The van der Waals surface area contributed by atoms with Gasteiger partial charge in [0.05, 0.1) is 5.69 Å². The van der Waals surface area contributed by atoms with Gasteiger partial charge < -0.3 is 9.30 Å². The van der Waals surface area contributed by atoms with Crippen LogP contribution in [0, 0.1) is 39.8 Å². The van der Waals surface area contributed by atoms with Crippen LogP contribution in [0.4, 0.5) is 0 Å². The molecule has 0 aliphatic rings. The Morgan fingerprint density at radius 1 is 0.755 bits per heavy atom. The van der Waals surface area contributed by atoms with Gasteiger partial charge in [0.2, 0.25) is 0 Å². The quantitative estimate of drug-likeness (QED) is 0.0914. The van der Waals surface area contributed by atoms with Gasteiger partial charge in [-0.2, -0.15) is 11.2 Å². The fourth-order valence-electron chi connectivity index (χ4n) is 7.71. The second-order valence-corrected chi connectivity index (χ2v) is 14.7. The smallest absolute Gasteiger partial charge is 0.509 e. The van der Waals surface area contributed by atoms with Crippen molar-refractivity contribution < 1.29 is 25.2 Å². The van der Waals surface area contributed by atoms with Gasteiger partial charge in [0, 0.05) is 34.5 Å². The van der Waals surface area contributed by atoms with Gasteiger partial charge in [-0.15, -0.1) is 41.3 Å². The summed E-state index contributed by atoms with van der Waals surface area (Å²) in [6.07, 6.45) is 8.38. The average Bonchev–Trinajstić information content (AvgIpc) is 3.63. The Hall–Kier alpha value is -4.50. The first-order chi connectivity index (χ1) is 25.2. The van der Waals surface area contributed by atoms with Crippen LogP contribution in [-0.2, 0) is 33.3 Å². The van der Waals surface area contributed by atoms with E-state index in [1.165, 1.54) is 50.0 Å². The van der Waals surface area contributed by atoms with Crippen LogP contribution >= 0.6 is 0 Å². The zero-order chi connectivity index (χ0) is 36.5. The Labute approximate surface area is 329 Å². The van der Waals surface area contributed by atoms with Crippen molar-refractivity contribution in [2.24, 2.45) is 0 Å². The fraction of sp³-hybridized carbons (Fsp3) is 0.319. The maximum Gasteiger partial charge on any atom is 2.00 e.